The van der Waals surface area contributed by atoms with Gasteiger partial charge in [0.25, 0.3) is 5.56 Å². The Hall–Kier alpha value is -2.12. The number of nitrogens with zero attached hydrogens (tertiary/aromatic N) is 2. The second-order valence-corrected chi connectivity index (χ2v) is 7.37. The number of nitrogens with one attached hydrogen (secondary N) is 1. The molecule has 24 heavy (non-hydrogen) atoms. The fraction of sp³-hybridized carbons (Fsp3) is 0.235. The third kappa shape index (κ3) is 3.37. The number of aryl methyl sites for hydroxylation is 2. The smallest absolute Gasteiger partial charge is 0.262 e. The molecule has 3 rings (SSSR count). The van der Waals surface area contributed by atoms with Crippen LogP contribution in [0.3, 0.4) is 0 Å². The Morgan fingerprint density at radius 2 is 2.08 bits per heavy atom. The van der Waals surface area contributed by atoms with Gasteiger partial charge in [0.15, 0.2) is 5.16 Å². The molecule has 3 aromatic rings. The van der Waals surface area contributed by atoms with E-state index in [4.69, 9.17) is 0 Å². The van der Waals surface area contributed by atoms with Gasteiger partial charge in [0, 0.05) is 12.7 Å². The van der Waals surface area contributed by atoms with Crippen molar-refractivity contribution in [3.63, 3.8) is 0 Å². The molecule has 5 nitrogen and oxygen atoms in total. The van der Waals surface area contributed by atoms with Crippen molar-refractivity contribution in [3.8, 4) is 0 Å². The normalized spacial score (nSPS) is 11.0. The first-order valence-electron chi connectivity index (χ1n) is 7.40. The molecule has 0 bridgehead atoms. The van der Waals surface area contributed by atoms with E-state index in [0.717, 1.165) is 11.3 Å². The standard InChI is InChI=1S/C17H17N3O2S2/c1-10-4-5-12(8-11(10)2)18-14(21)9-24-17-19-15-13(6-7-23-15)16(22)20(17)3/h4-8H,9H2,1-3H3,(H,18,21). The lowest BCUT2D eigenvalue weighted by Crippen LogP contribution is -2.20. The van der Waals surface area contributed by atoms with E-state index in [0.29, 0.717) is 15.4 Å². The number of fused-ring (bicyclic) bond motifs is 1. The Bertz CT molecular complexity index is 976. The molecule has 2 aromatic heterocycles. The Morgan fingerprint density at radius 1 is 1.29 bits per heavy atom. The number of hydrogen-bond donors (Lipinski definition) is 1. The molecule has 1 amide bonds. The van der Waals surface area contributed by atoms with Crippen LogP contribution in [0, 0.1) is 13.8 Å². The molecule has 0 aliphatic rings. The summed E-state index contributed by atoms with van der Waals surface area (Å²) in [5, 5.41) is 5.88. The first-order chi connectivity index (χ1) is 11.5. The van der Waals surface area contributed by atoms with Crippen LogP contribution in [0.4, 0.5) is 5.69 Å². The van der Waals surface area contributed by atoms with E-state index >= 15 is 0 Å². The number of aromatic nitrogens is 2. The fourth-order valence-corrected chi connectivity index (χ4v) is 3.83. The van der Waals surface area contributed by atoms with Gasteiger partial charge in [-0.15, -0.1) is 11.3 Å². The zero-order chi connectivity index (χ0) is 17.3. The van der Waals surface area contributed by atoms with Crippen molar-refractivity contribution >= 4 is 44.9 Å². The minimum Gasteiger partial charge on any atom is -0.325 e. The van der Waals surface area contributed by atoms with E-state index in [1.54, 1.807) is 13.1 Å². The summed E-state index contributed by atoms with van der Waals surface area (Å²) in [6.45, 7) is 4.04. The van der Waals surface area contributed by atoms with Gasteiger partial charge < -0.3 is 5.32 Å². The molecule has 0 spiro atoms. The number of rotatable bonds is 4. The molecule has 0 aliphatic carbocycles. The molecule has 2 heterocycles. The lowest BCUT2D eigenvalue weighted by Gasteiger charge is -2.09. The summed E-state index contributed by atoms with van der Waals surface area (Å²) in [6.07, 6.45) is 0. The average molecular weight is 359 g/mol. The maximum Gasteiger partial charge on any atom is 0.262 e. The number of hydrogen-bond acceptors (Lipinski definition) is 5. The van der Waals surface area contributed by atoms with Crippen molar-refractivity contribution in [1.82, 2.24) is 9.55 Å². The minimum absolute atomic E-state index is 0.0849. The zero-order valence-corrected chi connectivity index (χ0v) is 15.3. The van der Waals surface area contributed by atoms with Crippen molar-refractivity contribution in [2.45, 2.75) is 19.0 Å². The number of anilines is 1. The van der Waals surface area contributed by atoms with E-state index in [9.17, 15) is 9.59 Å². The molecule has 0 saturated heterocycles. The molecule has 0 atom stereocenters. The minimum atomic E-state index is -0.122. The highest BCUT2D eigenvalue weighted by Gasteiger charge is 2.12. The molecule has 1 aromatic carbocycles. The van der Waals surface area contributed by atoms with Crippen molar-refractivity contribution in [1.29, 1.82) is 0 Å². The summed E-state index contributed by atoms with van der Waals surface area (Å²) >= 11 is 2.69. The molecular formula is C17H17N3O2S2. The molecule has 1 N–H and O–H groups in total. The summed E-state index contributed by atoms with van der Waals surface area (Å²) < 4.78 is 1.49. The van der Waals surface area contributed by atoms with E-state index in [1.807, 2.05) is 37.4 Å². The van der Waals surface area contributed by atoms with Crippen LogP contribution >= 0.6 is 23.1 Å². The maximum absolute atomic E-state index is 12.2. The molecule has 0 aliphatic heterocycles. The van der Waals surface area contributed by atoms with Gasteiger partial charge in [-0.1, -0.05) is 17.8 Å². The van der Waals surface area contributed by atoms with Crippen LogP contribution in [0.15, 0.2) is 39.6 Å². The van der Waals surface area contributed by atoms with Crippen LogP contribution in [-0.4, -0.2) is 21.2 Å². The molecule has 0 radical (unpaired) electrons. The summed E-state index contributed by atoms with van der Waals surface area (Å²) in [5.74, 6) is 0.0770. The van der Waals surface area contributed by atoms with Crippen molar-refractivity contribution in [2.24, 2.45) is 7.05 Å². The summed E-state index contributed by atoms with van der Waals surface area (Å²) in [7, 11) is 1.68. The number of thiophene rings is 1. The maximum atomic E-state index is 12.2. The van der Waals surface area contributed by atoms with Gasteiger partial charge >= 0.3 is 0 Å². The largest absolute Gasteiger partial charge is 0.325 e. The molecule has 0 saturated carbocycles. The second-order valence-electron chi connectivity index (χ2n) is 5.53. The van der Waals surface area contributed by atoms with E-state index in [2.05, 4.69) is 10.3 Å². The van der Waals surface area contributed by atoms with Gasteiger partial charge in [0.05, 0.1) is 11.1 Å². The quantitative estimate of drug-likeness (QED) is 0.573. The monoisotopic (exact) mass is 359 g/mol. The van der Waals surface area contributed by atoms with Gasteiger partial charge in [-0.25, -0.2) is 4.98 Å². The van der Waals surface area contributed by atoms with Crippen molar-refractivity contribution in [2.75, 3.05) is 11.1 Å². The summed E-state index contributed by atoms with van der Waals surface area (Å²) in [6, 6.07) is 7.59. The number of carbonyl (C=O) groups excluding carboxylic acids is 1. The highest BCUT2D eigenvalue weighted by molar-refractivity contribution is 7.99. The Labute approximate surface area is 147 Å². The van der Waals surface area contributed by atoms with Crippen LogP contribution in [0.1, 0.15) is 11.1 Å². The third-order valence-electron chi connectivity index (χ3n) is 3.79. The number of benzene rings is 1. The SMILES string of the molecule is Cc1ccc(NC(=O)CSc2nc3sccc3c(=O)n2C)cc1C. The molecular weight excluding hydrogens is 342 g/mol. The second kappa shape index (κ2) is 6.78. The van der Waals surface area contributed by atoms with Gasteiger partial charge in [-0.3, -0.25) is 14.2 Å². The third-order valence-corrected chi connectivity index (χ3v) is 5.62. The first-order valence-corrected chi connectivity index (χ1v) is 9.26. The number of carbonyl (C=O) groups is 1. The van der Waals surface area contributed by atoms with E-state index in [1.165, 1.54) is 33.2 Å². The van der Waals surface area contributed by atoms with Crippen LogP contribution < -0.4 is 10.9 Å². The lowest BCUT2D eigenvalue weighted by atomic mass is 10.1. The Kier molecular flexibility index (Phi) is 4.73. The zero-order valence-electron chi connectivity index (χ0n) is 13.6. The van der Waals surface area contributed by atoms with Gasteiger partial charge in [0.1, 0.15) is 4.83 Å². The average Bonchev–Trinajstić information content (AvgIpc) is 3.01. The number of amides is 1. The van der Waals surface area contributed by atoms with E-state index < -0.39 is 0 Å². The van der Waals surface area contributed by atoms with Gasteiger partial charge in [-0.2, -0.15) is 0 Å². The lowest BCUT2D eigenvalue weighted by molar-refractivity contribution is -0.113. The van der Waals surface area contributed by atoms with E-state index in [-0.39, 0.29) is 17.2 Å². The predicted molar refractivity (Wildman–Crippen MR) is 100 cm³/mol. The summed E-state index contributed by atoms with van der Waals surface area (Å²) in [5.41, 5.74) is 3.01. The molecule has 7 heteroatoms. The van der Waals surface area contributed by atoms with Crippen molar-refractivity contribution in [3.05, 3.63) is 51.1 Å². The van der Waals surface area contributed by atoms with Crippen LogP contribution in [0.2, 0.25) is 0 Å². The first kappa shape index (κ1) is 16.7. The predicted octanol–water partition coefficient (Wildman–Crippen LogP) is 3.34. The Balaban J connectivity index is 1.71. The molecule has 0 fully saturated rings. The van der Waals surface area contributed by atoms with Gasteiger partial charge in [-0.05, 0) is 48.6 Å². The van der Waals surface area contributed by atoms with Crippen LogP contribution in [-0.2, 0) is 11.8 Å². The Morgan fingerprint density at radius 3 is 2.83 bits per heavy atom. The topological polar surface area (TPSA) is 64.0 Å². The van der Waals surface area contributed by atoms with Crippen LogP contribution in [0.25, 0.3) is 10.2 Å². The molecule has 124 valence electrons. The highest BCUT2D eigenvalue weighted by Crippen LogP contribution is 2.21. The highest BCUT2D eigenvalue weighted by atomic mass is 32.2. The molecule has 0 unspecified atom stereocenters. The summed E-state index contributed by atoms with van der Waals surface area (Å²) in [4.78, 5) is 29.5. The van der Waals surface area contributed by atoms with Crippen molar-refractivity contribution < 1.29 is 4.79 Å². The fourth-order valence-electron chi connectivity index (χ4n) is 2.26. The number of thioether (sulfide) groups is 1. The van der Waals surface area contributed by atoms with Crippen LogP contribution in [0.5, 0.6) is 0 Å². The van der Waals surface area contributed by atoms with Gasteiger partial charge in [0.2, 0.25) is 5.91 Å².